The molecule has 2 heterocycles. The standard InChI is InChI=1S/C15H23NO5/c1-5-6-7-8-10-15(3,19)13(17)11-12(21-10)9(2)16(20-4)14(11)18/h10,13,17,19H,2,5-8H2,1,3-4H3/t10-,13+,15-/m0/s1. The maximum absolute atomic E-state index is 12.2. The molecule has 0 saturated heterocycles. The fourth-order valence-electron chi connectivity index (χ4n) is 2.80. The van der Waals surface area contributed by atoms with E-state index in [1.165, 1.54) is 14.0 Å². The van der Waals surface area contributed by atoms with Crippen molar-refractivity contribution in [3.05, 3.63) is 23.6 Å². The van der Waals surface area contributed by atoms with Crippen LogP contribution in [0.2, 0.25) is 0 Å². The zero-order chi connectivity index (χ0) is 15.8. The van der Waals surface area contributed by atoms with Gasteiger partial charge >= 0.3 is 0 Å². The van der Waals surface area contributed by atoms with Gasteiger partial charge in [0.2, 0.25) is 0 Å². The van der Waals surface area contributed by atoms with Crippen molar-refractivity contribution in [2.45, 2.75) is 57.3 Å². The lowest BCUT2D eigenvalue weighted by atomic mass is 9.82. The van der Waals surface area contributed by atoms with Crippen LogP contribution in [0, 0.1) is 0 Å². The van der Waals surface area contributed by atoms with E-state index in [2.05, 4.69) is 13.5 Å². The minimum Gasteiger partial charge on any atom is -0.484 e. The van der Waals surface area contributed by atoms with Crippen molar-refractivity contribution in [2.24, 2.45) is 0 Å². The predicted molar refractivity (Wildman–Crippen MR) is 75.7 cm³/mol. The van der Waals surface area contributed by atoms with Gasteiger partial charge in [0.25, 0.3) is 5.91 Å². The van der Waals surface area contributed by atoms with Gasteiger partial charge in [-0.3, -0.25) is 9.63 Å². The molecule has 6 nitrogen and oxygen atoms in total. The van der Waals surface area contributed by atoms with E-state index in [-0.39, 0.29) is 17.0 Å². The third kappa shape index (κ3) is 2.47. The van der Waals surface area contributed by atoms with Crippen LogP contribution in [0.25, 0.3) is 0 Å². The van der Waals surface area contributed by atoms with E-state index in [0.717, 1.165) is 24.3 Å². The van der Waals surface area contributed by atoms with Crippen molar-refractivity contribution in [1.82, 2.24) is 5.06 Å². The Hall–Kier alpha value is -1.37. The van der Waals surface area contributed by atoms with Crippen LogP contribution in [0.4, 0.5) is 0 Å². The minimum absolute atomic E-state index is 0.0126. The summed E-state index contributed by atoms with van der Waals surface area (Å²) < 4.78 is 5.78. The fraction of sp³-hybridized carbons (Fsp3) is 0.667. The topological polar surface area (TPSA) is 79.2 Å². The quantitative estimate of drug-likeness (QED) is 0.747. The van der Waals surface area contributed by atoms with Crippen molar-refractivity contribution in [1.29, 1.82) is 0 Å². The van der Waals surface area contributed by atoms with Gasteiger partial charge in [-0.15, -0.1) is 0 Å². The summed E-state index contributed by atoms with van der Waals surface area (Å²) in [6.07, 6.45) is 1.64. The normalized spacial score (nSPS) is 32.5. The van der Waals surface area contributed by atoms with E-state index in [9.17, 15) is 15.0 Å². The molecule has 0 spiro atoms. The van der Waals surface area contributed by atoms with Crippen LogP contribution in [0.5, 0.6) is 0 Å². The maximum atomic E-state index is 12.2. The summed E-state index contributed by atoms with van der Waals surface area (Å²) in [7, 11) is 1.34. The van der Waals surface area contributed by atoms with E-state index in [4.69, 9.17) is 9.57 Å². The Kier molecular flexibility index (Phi) is 4.41. The summed E-state index contributed by atoms with van der Waals surface area (Å²) in [6.45, 7) is 7.34. The molecule has 0 aromatic rings. The number of aliphatic hydroxyl groups is 2. The summed E-state index contributed by atoms with van der Waals surface area (Å²) >= 11 is 0. The Bertz CT molecular complexity index is 482. The Balaban J connectivity index is 2.28. The zero-order valence-electron chi connectivity index (χ0n) is 12.8. The summed E-state index contributed by atoms with van der Waals surface area (Å²) in [4.78, 5) is 17.1. The molecule has 0 unspecified atom stereocenters. The van der Waals surface area contributed by atoms with Crippen LogP contribution >= 0.6 is 0 Å². The van der Waals surface area contributed by atoms with Gasteiger partial charge in [0.15, 0.2) is 5.76 Å². The van der Waals surface area contributed by atoms with Crippen molar-refractivity contribution in [3.8, 4) is 0 Å². The van der Waals surface area contributed by atoms with E-state index in [1.807, 2.05) is 0 Å². The fourth-order valence-corrected chi connectivity index (χ4v) is 2.80. The van der Waals surface area contributed by atoms with Crippen molar-refractivity contribution in [2.75, 3.05) is 7.11 Å². The predicted octanol–water partition coefficient (Wildman–Crippen LogP) is 1.25. The Labute approximate surface area is 124 Å². The van der Waals surface area contributed by atoms with Crippen LogP contribution in [0.1, 0.15) is 39.5 Å². The Morgan fingerprint density at radius 3 is 2.71 bits per heavy atom. The first kappa shape index (κ1) is 16.0. The number of nitrogens with zero attached hydrogens (tertiary/aromatic N) is 1. The van der Waals surface area contributed by atoms with Crippen LogP contribution in [-0.4, -0.2) is 46.1 Å². The van der Waals surface area contributed by atoms with Crippen molar-refractivity contribution >= 4 is 5.91 Å². The number of hydrogen-bond acceptors (Lipinski definition) is 5. The molecule has 2 aliphatic rings. The molecule has 0 bridgehead atoms. The zero-order valence-corrected chi connectivity index (χ0v) is 12.8. The van der Waals surface area contributed by atoms with Crippen LogP contribution in [0.3, 0.4) is 0 Å². The molecule has 6 heteroatoms. The number of ether oxygens (including phenoxy) is 1. The molecule has 0 aromatic carbocycles. The number of rotatable bonds is 5. The summed E-state index contributed by atoms with van der Waals surface area (Å²) in [5, 5.41) is 21.9. The second-order valence-electron chi connectivity index (χ2n) is 5.70. The molecule has 2 N–H and O–H groups in total. The van der Waals surface area contributed by atoms with E-state index in [1.54, 1.807) is 0 Å². The molecular weight excluding hydrogens is 274 g/mol. The highest BCUT2D eigenvalue weighted by molar-refractivity contribution is 6.00. The molecule has 2 aliphatic heterocycles. The van der Waals surface area contributed by atoms with Gasteiger partial charge in [-0.2, -0.15) is 5.06 Å². The summed E-state index contributed by atoms with van der Waals surface area (Å²) in [5.41, 5.74) is -1.25. The Morgan fingerprint density at radius 2 is 2.14 bits per heavy atom. The lowest BCUT2D eigenvalue weighted by Crippen LogP contribution is -2.55. The number of amides is 1. The lowest BCUT2D eigenvalue weighted by Gasteiger charge is -2.40. The lowest BCUT2D eigenvalue weighted by molar-refractivity contribution is -0.162. The molecule has 0 radical (unpaired) electrons. The first-order valence-corrected chi connectivity index (χ1v) is 7.25. The maximum Gasteiger partial charge on any atom is 0.284 e. The highest BCUT2D eigenvalue weighted by atomic mass is 16.7. The number of hydroxylamine groups is 2. The SMILES string of the molecule is C=C1C2=C(C(=O)N1OC)[C@@H](O)[C@@](C)(O)[C@H](CCCCC)O2. The van der Waals surface area contributed by atoms with E-state index < -0.39 is 23.7 Å². The van der Waals surface area contributed by atoms with E-state index in [0.29, 0.717) is 6.42 Å². The molecule has 0 aromatic heterocycles. The van der Waals surface area contributed by atoms with E-state index >= 15 is 0 Å². The molecule has 0 aliphatic carbocycles. The van der Waals surface area contributed by atoms with Gasteiger partial charge in [-0.1, -0.05) is 26.3 Å². The average molecular weight is 297 g/mol. The molecule has 0 saturated carbocycles. The molecular formula is C15H23NO5. The number of carbonyl (C=O) groups excluding carboxylic acids is 1. The first-order chi connectivity index (χ1) is 9.86. The van der Waals surface area contributed by atoms with Gasteiger partial charge < -0.3 is 14.9 Å². The van der Waals surface area contributed by atoms with Gasteiger partial charge in [0.1, 0.15) is 23.5 Å². The average Bonchev–Trinajstić information content (AvgIpc) is 2.67. The first-order valence-electron chi connectivity index (χ1n) is 7.25. The number of carbonyl (C=O) groups is 1. The minimum atomic E-state index is -1.52. The largest absolute Gasteiger partial charge is 0.484 e. The monoisotopic (exact) mass is 297 g/mol. The third-order valence-electron chi connectivity index (χ3n) is 4.16. The number of hydrogen-bond donors (Lipinski definition) is 2. The van der Waals surface area contributed by atoms with Crippen molar-refractivity contribution < 1.29 is 24.6 Å². The summed E-state index contributed by atoms with van der Waals surface area (Å²) in [6, 6.07) is 0. The molecule has 3 atom stereocenters. The second-order valence-corrected chi connectivity index (χ2v) is 5.70. The van der Waals surface area contributed by atoms with Gasteiger partial charge in [0.05, 0.1) is 12.7 Å². The molecule has 0 fully saturated rings. The number of unbranched alkanes of at least 4 members (excludes halogenated alkanes) is 2. The van der Waals surface area contributed by atoms with Crippen molar-refractivity contribution in [3.63, 3.8) is 0 Å². The number of aliphatic hydroxyl groups excluding tert-OH is 1. The molecule has 118 valence electrons. The second kappa shape index (κ2) is 5.79. The van der Waals surface area contributed by atoms with Gasteiger partial charge in [0, 0.05) is 0 Å². The Morgan fingerprint density at radius 1 is 1.48 bits per heavy atom. The summed E-state index contributed by atoms with van der Waals surface area (Å²) in [5.74, 6) is -0.320. The van der Waals surface area contributed by atoms with Crippen LogP contribution in [0.15, 0.2) is 23.6 Å². The molecule has 21 heavy (non-hydrogen) atoms. The smallest absolute Gasteiger partial charge is 0.284 e. The van der Waals surface area contributed by atoms with Crippen LogP contribution in [-0.2, 0) is 14.4 Å². The highest BCUT2D eigenvalue weighted by Gasteiger charge is 2.54. The third-order valence-corrected chi connectivity index (χ3v) is 4.16. The molecule has 2 rings (SSSR count). The van der Waals surface area contributed by atoms with Gasteiger partial charge in [-0.25, -0.2) is 0 Å². The molecule has 1 amide bonds. The highest BCUT2D eigenvalue weighted by Crippen LogP contribution is 2.42. The van der Waals surface area contributed by atoms with Crippen LogP contribution < -0.4 is 0 Å². The van der Waals surface area contributed by atoms with Gasteiger partial charge in [-0.05, 0) is 19.8 Å².